The Morgan fingerprint density at radius 1 is 1.25 bits per heavy atom. The highest BCUT2D eigenvalue weighted by Gasteiger charge is 2.32. The summed E-state index contributed by atoms with van der Waals surface area (Å²) in [7, 11) is 0. The average molecular weight is 295 g/mol. The second-order valence-electron chi connectivity index (χ2n) is 3.90. The Morgan fingerprint density at radius 3 is 2.35 bits per heavy atom. The van der Waals surface area contributed by atoms with E-state index in [2.05, 4.69) is 0 Å². The van der Waals surface area contributed by atoms with E-state index in [1.807, 2.05) is 0 Å². The maximum Gasteiger partial charge on any atom is 0.406 e. The van der Waals surface area contributed by atoms with Crippen LogP contribution in [-0.2, 0) is 4.79 Å². The first-order valence-corrected chi connectivity index (χ1v) is 5.65. The Balaban J connectivity index is 2.55. The summed E-state index contributed by atoms with van der Waals surface area (Å²) >= 11 is 0. The molecule has 0 unspecified atom stereocenters. The zero-order chi connectivity index (χ0) is 15.2. The van der Waals surface area contributed by atoms with Crippen LogP contribution in [0.25, 0.3) is 0 Å². The molecule has 0 bridgehead atoms. The van der Waals surface area contributed by atoms with Crippen LogP contribution in [0.3, 0.4) is 0 Å². The molecule has 0 aliphatic carbocycles. The lowest BCUT2D eigenvalue weighted by Gasteiger charge is -2.23. The Hall–Kier alpha value is -1.83. The number of aliphatic hydroxyl groups excluding tert-OH is 1. The van der Waals surface area contributed by atoms with Gasteiger partial charge in [-0.1, -0.05) is 0 Å². The monoisotopic (exact) mass is 295 g/mol. The van der Waals surface area contributed by atoms with Gasteiger partial charge in [-0.25, -0.2) is 4.39 Å². The highest BCUT2D eigenvalue weighted by molar-refractivity contribution is 5.77. The van der Waals surface area contributed by atoms with E-state index < -0.39 is 44.2 Å². The van der Waals surface area contributed by atoms with E-state index in [-0.39, 0.29) is 5.75 Å². The third kappa shape index (κ3) is 5.87. The third-order valence-corrected chi connectivity index (χ3v) is 2.27. The molecule has 0 atom stereocenters. The first-order chi connectivity index (χ1) is 9.31. The summed E-state index contributed by atoms with van der Waals surface area (Å²) in [5.74, 6) is -1.25. The minimum atomic E-state index is -4.55. The van der Waals surface area contributed by atoms with Crippen LogP contribution in [0.1, 0.15) is 0 Å². The largest absolute Gasteiger partial charge is 0.484 e. The molecular weight excluding hydrogens is 282 g/mol. The van der Waals surface area contributed by atoms with Crippen molar-refractivity contribution in [2.24, 2.45) is 0 Å². The quantitative estimate of drug-likeness (QED) is 0.811. The molecular formula is C12H13F4NO3. The number of hydrogen-bond donors (Lipinski definition) is 1. The summed E-state index contributed by atoms with van der Waals surface area (Å²) in [5, 5.41) is 8.65. The summed E-state index contributed by atoms with van der Waals surface area (Å²) in [6.07, 6.45) is -4.55. The summed E-state index contributed by atoms with van der Waals surface area (Å²) in [5.41, 5.74) is 0. The zero-order valence-electron chi connectivity index (χ0n) is 10.4. The van der Waals surface area contributed by atoms with Crippen molar-refractivity contribution in [1.82, 2.24) is 4.90 Å². The Bertz CT molecular complexity index is 433. The number of halogens is 4. The van der Waals surface area contributed by atoms with E-state index in [9.17, 15) is 22.4 Å². The summed E-state index contributed by atoms with van der Waals surface area (Å²) in [6, 6.07) is 4.70. The highest BCUT2D eigenvalue weighted by Crippen LogP contribution is 2.17. The number of carbonyl (C=O) groups excluding carboxylic acids is 1. The maximum absolute atomic E-state index is 12.6. The SMILES string of the molecule is O=C(COc1ccc(F)cc1)N(CCO)CC(F)(F)F. The number of rotatable bonds is 6. The number of aliphatic hydroxyl groups is 1. The molecule has 0 aliphatic heterocycles. The van der Waals surface area contributed by atoms with Gasteiger partial charge in [0.1, 0.15) is 18.1 Å². The third-order valence-electron chi connectivity index (χ3n) is 2.27. The molecule has 0 saturated carbocycles. The molecule has 1 aromatic carbocycles. The van der Waals surface area contributed by atoms with E-state index in [0.717, 1.165) is 12.1 Å². The number of hydrogen-bond acceptors (Lipinski definition) is 3. The van der Waals surface area contributed by atoms with Crippen LogP contribution in [0.4, 0.5) is 17.6 Å². The summed E-state index contributed by atoms with van der Waals surface area (Å²) in [4.78, 5) is 12.0. The van der Waals surface area contributed by atoms with Gasteiger partial charge >= 0.3 is 6.18 Å². The van der Waals surface area contributed by atoms with Gasteiger partial charge in [0, 0.05) is 6.54 Å². The summed E-state index contributed by atoms with van der Waals surface area (Å²) in [6.45, 7) is -3.11. The average Bonchev–Trinajstić information content (AvgIpc) is 2.35. The number of ether oxygens (including phenoxy) is 1. The van der Waals surface area contributed by atoms with E-state index in [1.54, 1.807) is 0 Å². The van der Waals surface area contributed by atoms with E-state index in [1.165, 1.54) is 12.1 Å². The Labute approximate surface area is 112 Å². The standard InChI is InChI=1S/C12H13F4NO3/c13-9-1-3-10(4-2-9)20-7-11(19)17(5-6-18)8-12(14,15)16/h1-4,18H,5-8H2. The van der Waals surface area contributed by atoms with Gasteiger partial charge in [0.2, 0.25) is 0 Å². The minimum absolute atomic E-state index is 0.163. The minimum Gasteiger partial charge on any atom is -0.484 e. The van der Waals surface area contributed by atoms with E-state index >= 15 is 0 Å². The second-order valence-corrected chi connectivity index (χ2v) is 3.90. The van der Waals surface area contributed by atoms with Crippen molar-refractivity contribution in [3.05, 3.63) is 30.1 Å². The van der Waals surface area contributed by atoms with E-state index in [0.29, 0.717) is 4.90 Å². The van der Waals surface area contributed by atoms with Crippen LogP contribution < -0.4 is 4.74 Å². The molecule has 1 N–H and O–H groups in total. The van der Waals surface area contributed by atoms with Crippen LogP contribution in [0.2, 0.25) is 0 Å². The first-order valence-electron chi connectivity index (χ1n) is 5.65. The number of alkyl halides is 3. The Kier molecular flexibility index (Phi) is 5.75. The van der Waals surface area contributed by atoms with Crippen molar-refractivity contribution in [2.45, 2.75) is 6.18 Å². The van der Waals surface area contributed by atoms with Gasteiger partial charge in [-0.2, -0.15) is 13.2 Å². The molecule has 0 spiro atoms. The lowest BCUT2D eigenvalue weighted by molar-refractivity contribution is -0.163. The molecule has 0 fully saturated rings. The molecule has 0 saturated heterocycles. The number of benzene rings is 1. The Morgan fingerprint density at radius 2 is 1.85 bits per heavy atom. The van der Waals surface area contributed by atoms with Gasteiger partial charge in [0.15, 0.2) is 6.61 Å². The van der Waals surface area contributed by atoms with E-state index in [4.69, 9.17) is 9.84 Å². The molecule has 0 aromatic heterocycles. The molecule has 1 amide bonds. The molecule has 112 valence electrons. The fourth-order valence-corrected chi connectivity index (χ4v) is 1.40. The van der Waals surface area contributed by atoms with Crippen LogP contribution in [0.15, 0.2) is 24.3 Å². The van der Waals surface area contributed by atoms with Gasteiger partial charge in [0.05, 0.1) is 6.61 Å². The molecule has 0 radical (unpaired) electrons. The van der Waals surface area contributed by atoms with Crippen molar-refractivity contribution < 1.29 is 32.2 Å². The van der Waals surface area contributed by atoms with Crippen molar-refractivity contribution in [2.75, 3.05) is 26.3 Å². The van der Waals surface area contributed by atoms with Crippen molar-refractivity contribution in [3.8, 4) is 5.75 Å². The van der Waals surface area contributed by atoms with Crippen molar-refractivity contribution in [1.29, 1.82) is 0 Å². The predicted molar refractivity (Wildman–Crippen MR) is 61.6 cm³/mol. The molecule has 8 heteroatoms. The molecule has 20 heavy (non-hydrogen) atoms. The number of nitrogens with zero attached hydrogens (tertiary/aromatic N) is 1. The smallest absolute Gasteiger partial charge is 0.406 e. The second kappa shape index (κ2) is 7.09. The topological polar surface area (TPSA) is 49.8 Å². The number of carbonyl (C=O) groups is 1. The van der Waals surface area contributed by atoms with Crippen LogP contribution in [0, 0.1) is 5.82 Å². The fourth-order valence-electron chi connectivity index (χ4n) is 1.40. The lowest BCUT2D eigenvalue weighted by atomic mass is 10.3. The van der Waals surface area contributed by atoms with Crippen molar-refractivity contribution in [3.63, 3.8) is 0 Å². The van der Waals surface area contributed by atoms with Gasteiger partial charge in [-0.3, -0.25) is 4.79 Å². The molecule has 0 aliphatic rings. The molecule has 0 heterocycles. The van der Waals surface area contributed by atoms with Gasteiger partial charge in [-0.15, -0.1) is 0 Å². The summed E-state index contributed by atoms with van der Waals surface area (Å²) < 4.78 is 54.3. The predicted octanol–water partition coefficient (Wildman–Crippen LogP) is 1.59. The van der Waals surface area contributed by atoms with Crippen LogP contribution >= 0.6 is 0 Å². The normalized spacial score (nSPS) is 11.2. The number of amides is 1. The molecule has 1 aromatic rings. The molecule has 4 nitrogen and oxygen atoms in total. The fraction of sp³-hybridized carbons (Fsp3) is 0.417. The molecule has 1 rings (SSSR count). The van der Waals surface area contributed by atoms with Gasteiger partial charge in [-0.05, 0) is 24.3 Å². The zero-order valence-corrected chi connectivity index (χ0v) is 10.4. The maximum atomic E-state index is 12.6. The van der Waals surface area contributed by atoms with Gasteiger partial charge < -0.3 is 14.7 Å². The van der Waals surface area contributed by atoms with Crippen LogP contribution in [0.5, 0.6) is 5.75 Å². The highest BCUT2D eigenvalue weighted by atomic mass is 19.4. The lowest BCUT2D eigenvalue weighted by Crippen LogP contribution is -2.42. The first kappa shape index (κ1) is 16.2. The van der Waals surface area contributed by atoms with Crippen molar-refractivity contribution >= 4 is 5.91 Å². The van der Waals surface area contributed by atoms with Crippen LogP contribution in [-0.4, -0.2) is 48.4 Å². The van der Waals surface area contributed by atoms with Gasteiger partial charge in [0.25, 0.3) is 5.91 Å².